The molecular weight excluding hydrogens is 250 g/mol. The van der Waals surface area contributed by atoms with E-state index in [1.807, 2.05) is 0 Å². The molecule has 0 bridgehead atoms. The van der Waals surface area contributed by atoms with Gasteiger partial charge in [0.05, 0.1) is 0 Å². The third-order valence-electron chi connectivity index (χ3n) is 4.07. The Morgan fingerprint density at radius 3 is 2.10 bits per heavy atom. The molecule has 20 heavy (non-hydrogen) atoms. The summed E-state index contributed by atoms with van der Waals surface area (Å²) in [6.45, 7) is 15.0. The van der Waals surface area contributed by atoms with Crippen molar-refractivity contribution in [3.63, 3.8) is 0 Å². The summed E-state index contributed by atoms with van der Waals surface area (Å²) in [4.78, 5) is 12.2. The minimum Gasteiger partial charge on any atom is -0.353 e. The fourth-order valence-corrected chi connectivity index (χ4v) is 3.22. The van der Waals surface area contributed by atoms with Crippen LogP contribution < -0.4 is 16.4 Å². The molecular formula is C16H33N3O. The Balaban J connectivity index is 2.58. The van der Waals surface area contributed by atoms with E-state index in [-0.39, 0.29) is 34.5 Å². The van der Waals surface area contributed by atoms with E-state index in [2.05, 4.69) is 59.1 Å². The molecule has 1 heterocycles. The fraction of sp³-hybridized carbons (Fsp3) is 0.938. The van der Waals surface area contributed by atoms with Crippen molar-refractivity contribution < 1.29 is 4.79 Å². The van der Waals surface area contributed by atoms with Crippen LogP contribution in [-0.2, 0) is 4.79 Å². The first kappa shape index (κ1) is 17.4. The highest BCUT2D eigenvalue weighted by Crippen LogP contribution is 2.28. The smallest absolute Gasteiger partial charge is 0.221 e. The first-order chi connectivity index (χ1) is 8.81. The van der Waals surface area contributed by atoms with Crippen LogP contribution in [0.3, 0.4) is 0 Å². The van der Waals surface area contributed by atoms with Gasteiger partial charge in [0, 0.05) is 29.6 Å². The Labute approximate surface area is 124 Å². The van der Waals surface area contributed by atoms with Gasteiger partial charge in [-0.25, -0.2) is 0 Å². The summed E-state index contributed by atoms with van der Waals surface area (Å²) in [5.74, 6) is 0.0749. The van der Waals surface area contributed by atoms with E-state index in [9.17, 15) is 4.79 Å². The predicted octanol–water partition coefficient (Wildman–Crippen LogP) is 2.18. The summed E-state index contributed by atoms with van der Waals surface area (Å²) in [6.07, 6.45) is 2.30. The fourth-order valence-electron chi connectivity index (χ4n) is 3.22. The highest BCUT2D eigenvalue weighted by atomic mass is 16.1. The number of nitrogens with one attached hydrogen (secondary N) is 2. The molecule has 1 fully saturated rings. The Morgan fingerprint density at radius 1 is 1.25 bits per heavy atom. The van der Waals surface area contributed by atoms with Gasteiger partial charge in [0.15, 0.2) is 0 Å². The zero-order valence-electron chi connectivity index (χ0n) is 14.3. The largest absolute Gasteiger partial charge is 0.353 e. The zero-order chi connectivity index (χ0) is 15.8. The Kier molecular flexibility index (Phi) is 4.92. The lowest BCUT2D eigenvalue weighted by Crippen LogP contribution is -2.62. The van der Waals surface area contributed by atoms with Crippen LogP contribution in [0.2, 0.25) is 0 Å². The molecule has 0 aromatic rings. The standard InChI is InChI=1S/C16H33N3O/c1-14(2,3)12(17)8-13(20)18-11-9-15(4,5)19-16(6,7)10-11/h11-12,19H,8-10,17H2,1-7H3,(H,18,20). The maximum atomic E-state index is 12.2. The number of rotatable bonds is 3. The van der Waals surface area contributed by atoms with Crippen LogP contribution >= 0.6 is 0 Å². The average Bonchev–Trinajstić information content (AvgIpc) is 2.09. The van der Waals surface area contributed by atoms with Gasteiger partial charge >= 0.3 is 0 Å². The van der Waals surface area contributed by atoms with Gasteiger partial charge in [-0.3, -0.25) is 4.79 Å². The molecule has 0 aliphatic carbocycles. The van der Waals surface area contributed by atoms with Gasteiger partial charge in [0.25, 0.3) is 0 Å². The maximum absolute atomic E-state index is 12.2. The minimum absolute atomic E-state index is 0.0377. The lowest BCUT2D eigenvalue weighted by atomic mass is 9.79. The zero-order valence-corrected chi connectivity index (χ0v) is 14.3. The third-order valence-corrected chi connectivity index (χ3v) is 4.07. The van der Waals surface area contributed by atoms with E-state index in [1.165, 1.54) is 0 Å². The van der Waals surface area contributed by atoms with E-state index in [0.717, 1.165) is 12.8 Å². The van der Waals surface area contributed by atoms with E-state index in [0.29, 0.717) is 6.42 Å². The molecule has 0 aromatic carbocycles. The minimum atomic E-state index is -0.106. The van der Waals surface area contributed by atoms with Gasteiger partial charge in [-0.1, -0.05) is 20.8 Å². The molecule has 1 amide bonds. The van der Waals surface area contributed by atoms with Crippen LogP contribution in [-0.4, -0.2) is 29.1 Å². The van der Waals surface area contributed by atoms with E-state index in [1.54, 1.807) is 0 Å². The number of carbonyl (C=O) groups excluding carboxylic acids is 1. The summed E-state index contributed by atoms with van der Waals surface area (Å²) >= 11 is 0. The topological polar surface area (TPSA) is 67.2 Å². The molecule has 0 saturated carbocycles. The summed E-state index contributed by atoms with van der Waals surface area (Å²) in [7, 11) is 0. The number of piperidine rings is 1. The van der Waals surface area contributed by atoms with Crippen LogP contribution in [0, 0.1) is 5.41 Å². The van der Waals surface area contributed by atoms with Crippen molar-refractivity contribution in [1.29, 1.82) is 0 Å². The summed E-state index contributed by atoms with van der Waals surface area (Å²) in [5.41, 5.74) is 6.15. The number of amides is 1. The Hall–Kier alpha value is -0.610. The quantitative estimate of drug-likeness (QED) is 0.743. The summed E-state index contributed by atoms with van der Waals surface area (Å²) < 4.78 is 0. The number of hydrogen-bond acceptors (Lipinski definition) is 3. The molecule has 1 aliphatic rings. The molecule has 0 radical (unpaired) electrons. The van der Waals surface area contributed by atoms with Crippen LogP contribution in [0.5, 0.6) is 0 Å². The molecule has 1 atom stereocenters. The maximum Gasteiger partial charge on any atom is 0.221 e. The highest BCUT2D eigenvalue weighted by molar-refractivity contribution is 5.77. The summed E-state index contributed by atoms with van der Waals surface area (Å²) in [6, 6.07) is 0.117. The van der Waals surface area contributed by atoms with Crippen LogP contribution in [0.25, 0.3) is 0 Å². The molecule has 1 unspecified atom stereocenters. The average molecular weight is 283 g/mol. The van der Waals surface area contributed by atoms with Crippen molar-refractivity contribution >= 4 is 5.91 Å². The van der Waals surface area contributed by atoms with Crippen molar-refractivity contribution in [3.8, 4) is 0 Å². The second kappa shape index (κ2) is 5.64. The molecule has 118 valence electrons. The Morgan fingerprint density at radius 2 is 1.70 bits per heavy atom. The summed E-state index contributed by atoms with van der Waals surface area (Å²) in [5, 5.41) is 6.80. The van der Waals surface area contributed by atoms with E-state index < -0.39 is 0 Å². The molecule has 0 aromatic heterocycles. The van der Waals surface area contributed by atoms with Gasteiger partial charge in [-0.05, 0) is 46.0 Å². The molecule has 4 nitrogen and oxygen atoms in total. The number of carbonyl (C=O) groups is 1. The molecule has 1 aliphatic heterocycles. The van der Waals surface area contributed by atoms with Crippen LogP contribution in [0.1, 0.15) is 67.7 Å². The third kappa shape index (κ3) is 5.41. The van der Waals surface area contributed by atoms with E-state index in [4.69, 9.17) is 5.73 Å². The number of hydrogen-bond donors (Lipinski definition) is 3. The monoisotopic (exact) mass is 283 g/mol. The second-order valence-electron chi connectivity index (χ2n) is 8.74. The molecule has 0 spiro atoms. The van der Waals surface area contributed by atoms with Crippen LogP contribution in [0.15, 0.2) is 0 Å². The lowest BCUT2D eigenvalue weighted by molar-refractivity contribution is -0.123. The van der Waals surface area contributed by atoms with Crippen molar-refractivity contribution in [2.75, 3.05) is 0 Å². The van der Waals surface area contributed by atoms with Gasteiger partial charge in [0.2, 0.25) is 5.91 Å². The van der Waals surface area contributed by atoms with Crippen molar-refractivity contribution in [3.05, 3.63) is 0 Å². The van der Waals surface area contributed by atoms with Gasteiger partial charge in [-0.2, -0.15) is 0 Å². The lowest BCUT2D eigenvalue weighted by Gasteiger charge is -2.46. The first-order valence-electron chi connectivity index (χ1n) is 7.65. The van der Waals surface area contributed by atoms with Gasteiger partial charge in [0.1, 0.15) is 0 Å². The second-order valence-corrected chi connectivity index (χ2v) is 8.74. The van der Waals surface area contributed by atoms with Gasteiger partial charge < -0.3 is 16.4 Å². The van der Waals surface area contributed by atoms with Gasteiger partial charge in [-0.15, -0.1) is 0 Å². The van der Waals surface area contributed by atoms with Crippen LogP contribution in [0.4, 0.5) is 0 Å². The Bertz CT molecular complexity index is 339. The molecule has 1 rings (SSSR count). The van der Waals surface area contributed by atoms with E-state index >= 15 is 0 Å². The molecule has 4 heteroatoms. The first-order valence-corrected chi connectivity index (χ1v) is 7.65. The molecule has 1 saturated heterocycles. The number of nitrogens with two attached hydrogens (primary N) is 1. The highest BCUT2D eigenvalue weighted by Gasteiger charge is 2.38. The van der Waals surface area contributed by atoms with Crippen molar-refractivity contribution in [2.24, 2.45) is 11.1 Å². The normalized spacial score (nSPS) is 24.2. The van der Waals surface area contributed by atoms with Crippen molar-refractivity contribution in [1.82, 2.24) is 10.6 Å². The predicted molar refractivity (Wildman–Crippen MR) is 84.5 cm³/mol. The van der Waals surface area contributed by atoms with Crippen molar-refractivity contribution in [2.45, 2.75) is 90.9 Å². The molecule has 4 N–H and O–H groups in total. The SMILES string of the molecule is CC1(C)CC(NC(=O)CC(N)C(C)(C)C)CC(C)(C)N1.